The summed E-state index contributed by atoms with van der Waals surface area (Å²) in [4.78, 5) is 19.8. The van der Waals surface area contributed by atoms with Gasteiger partial charge in [0.05, 0.1) is 6.42 Å². The molecule has 0 saturated heterocycles. The van der Waals surface area contributed by atoms with E-state index in [1.54, 1.807) is 0 Å². The number of fused-ring (bicyclic) bond motifs is 1. The first-order valence-corrected chi connectivity index (χ1v) is 8.94. The van der Waals surface area contributed by atoms with Crippen LogP contribution in [0.1, 0.15) is 48.9 Å². The zero-order chi connectivity index (χ0) is 17.1. The molecule has 2 aromatic heterocycles. The van der Waals surface area contributed by atoms with Crippen molar-refractivity contribution in [1.29, 1.82) is 0 Å². The molecule has 6 heteroatoms. The van der Waals surface area contributed by atoms with E-state index >= 15 is 0 Å². The number of H-pyrrole nitrogens is 1. The molecule has 0 bridgehead atoms. The molecule has 25 heavy (non-hydrogen) atoms. The third-order valence-electron chi connectivity index (χ3n) is 4.88. The van der Waals surface area contributed by atoms with Crippen LogP contribution in [0.2, 0.25) is 0 Å². The van der Waals surface area contributed by atoms with Crippen LogP contribution in [0.25, 0.3) is 10.9 Å². The van der Waals surface area contributed by atoms with E-state index in [1.165, 1.54) is 12.8 Å². The standard InChI is InChI=1S/C19H22N4O2/c24-18(11-14-12-21-16-8-4-3-7-15(14)16)20-10-9-17-22-19(25-23-17)13-5-1-2-6-13/h3-4,7-8,12-13,21H,1-2,5-6,9-11H2,(H,20,24). The quantitative estimate of drug-likeness (QED) is 0.723. The minimum atomic E-state index is 0.00395. The molecule has 3 aromatic rings. The van der Waals surface area contributed by atoms with E-state index < -0.39 is 0 Å². The number of nitrogens with one attached hydrogen (secondary N) is 2. The van der Waals surface area contributed by atoms with Crippen LogP contribution in [0.4, 0.5) is 0 Å². The Balaban J connectivity index is 1.27. The monoisotopic (exact) mass is 338 g/mol. The van der Waals surface area contributed by atoms with Crippen molar-refractivity contribution in [3.8, 4) is 0 Å². The Morgan fingerprint density at radius 2 is 2.12 bits per heavy atom. The number of nitrogens with zero attached hydrogens (tertiary/aromatic N) is 2. The molecule has 130 valence electrons. The maximum absolute atomic E-state index is 12.2. The van der Waals surface area contributed by atoms with Gasteiger partial charge in [0, 0.05) is 36.0 Å². The third kappa shape index (κ3) is 3.57. The summed E-state index contributed by atoms with van der Waals surface area (Å²) in [5.74, 6) is 1.87. The van der Waals surface area contributed by atoms with Gasteiger partial charge in [-0.25, -0.2) is 0 Å². The molecule has 1 saturated carbocycles. The number of rotatable bonds is 6. The van der Waals surface area contributed by atoms with Gasteiger partial charge >= 0.3 is 0 Å². The molecule has 1 fully saturated rings. The zero-order valence-corrected chi connectivity index (χ0v) is 14.1. The van der Waals surface area contributed by atoms with Gasteiger partial charge in [-0.1, -0.05) is 36.2 Å². The fraction of sp³-hybridized carbons (Fsp3) is 0.421. The van der Waals surface area contributed by atoms with Gasteiger partial charge in [0.15, 0.2) is 5.82 Å². The molecule has 0 aliphatic heterocycles. The lowest BCUT2D eigenvalue weighted by Crippen LogP contribution is -2.27. The van der Waals surface area contributed by atoms with Crippen LogP contribution in [0.5, 0.6) is 0 Å². The predicted octanol–water partition coefficient (Wildman–Crippen LogP) is 3.11. The summed E-state index contributed by atoms with van der Waals surface area (Å²) in [6.07, 6.45) is 7.63. The SMILES string of the molecule is O=C(Cc1c[nH]c2ccccc12)NCCc1noc(C2CCCC2)n1. The van der Waals surface area contributed by atoms with E-state index in [4.69, 9.17) is 4.52 Å². The van der Waals surface area contributed by atoms with Crippen LogP contribution in [0.15, 0.2) is 35.0 Å². The minimum absolute atomic E-state index is 0.00395. The van der Waals surface area contributed by atoms with Crippen molar-refractivity contribution in [1.82, 2.24) is 20.4 Å². The molecule has 0 atom stereocenters. The smallest absolute Gasteiger partial charge is 0.229 e. The first kappa shape index (κ1) is 15.9. The Labute approximate surface area is 146 Å². The zero-order valence-electron chi connectivity index (χ0n) is 14.1. The Hall–Kier alpha value is -2.63. The summed E-state index contributed by atoms with van der Waals surface area (Å²) in [6, 6.07) is 8.00. The summed E-state index contributed by atoms with van der Waals surface area (Å²) in [5, 5.41) is 8.06. The number of hydrogen-bond acceptors (Lipinski definition) is 4. The van der Waals surface area contributed by atoms with Gasteiger partial charge in [-0.3, -0.25) is 4.79 Å². The van der Waals surface area contributed by atoms with Crippen LogP contribution in [0, 0.1) is 0 Å². The van der Waals surface area contributed by atoms with Gasteiger partial charge in [0.2, 0.25) is 11.8 Å². The van der Waals surface area contributed by atoms with Gasteiger partial charge in [-0.15, -0.1) is 0 Å². The highest BCUT2D eigenvalue weighted by molar-refractivity contribution is 5.88. The maximum atomic E-state index is 12.2. The van der Waals surface area contributed by atoms with Crippen LogP contribution < -0.4 is 5.32 Å². The van der Waals surface area contributed by atoms with Crippen molar-refractivity contribution in [2.75, 3.05) is 6.54 Å². The summed E-state index contributed by atoms with van der Waals surface area (Å²) < 4.78 is 5.36. The Morgan fingerprint density at radius 1 is 1.28 bits per heavy atom. The van der Waals surface area contributed by atoms with E-state index in [1.807, 2.05) is 30.5 Å². The van der Waals surface area contributed by atoms with Crippen molar-refractivity contribution in [2.24, 2.45) is 0 Å². The fourth-order valence-corrected chi connectivity index (χ4v) is 3.53. The second kappa shape index (κ2) is 7.09. The van der Waals surface area contributed by atoms with E-state index in [0.29, 0.717) is 31.1 Å². The second-order valence-corrected chi connectivity index (χ2v) is 6.67. The molecule has 0 radical (unpaired) electrons. The molecular formula is C19H22N4O2. The molecule has 0 unspecified atom stereocenters. The third-order valence-corrected chi connectivity index (χ3v) is 4.88. The summed E-state index contributed by atoms with van der Waals surface area (Å²) in [7, 11) is 0. The van der Waals surface area contributed by atoms with Gasteiger partial charge in [-0.2, -0.15) is 4.98 Å². The predicted molar refractivity (Wildman–Crippen MR) is 94.2 cm³/mol. The lowest BCUT2D eigenvalue weighted by atomic mass is 10.1. The van der Waals surface area contributed by atoms with Crippen LogP contribution in [-0.2, 0) is 17.6 Å². The number of carbonyl (C=O) groups is 1. The topological polar surface area (TPSA) is 83.8 Å². The van der Waals surface area contributed by atoms with Gasteiger partial charge in [0.25, 0.3) is 0 Å². The average molecular weight is 338 g/mol. The molecule has 1 aliphatic rings. The van der Waals surface area contributed by atoms with Gasteiger partial charge in [-0.05, 0) is 24.5 Å². The molecule has 1 aliphatic carbocycles. The Morgan fingerprint density at radius 3 is 3.00 bits per heavy atom. The molecule has 2 heterocycles. The Kier molecular flexibility index (Phi) is 4.50. The molecule has 6 nitrogen and oxygen atoms in total. The molecular weight excluding hydrogens is 316 g/mol. The first-order chi connectivity index (χ1) is 12.3. The van der Waals surface area contributed by atoms with Crippen molar-refractivity contribution >= 4 is 16.8 Å². The minimum Gasteiger partial charge on any atom is -0.361 e. The highest BCUT2D eigenvalue weighted by atomic mass is 16.5. The number of aromatic amines is 1. The summed E-state index contributed by atoms with van der Waals surface area (Å²) in [5.41, 5.74) is 2.06. The van der Waals surface area contributed by atoms with Crippen LogP contribution in [0.3, 0.4) is 0 Å². The summed E-state index contributed by atoms with van der Waals surface area (Å²) in [6.45, 7) is 0.519. The molecule has 2 N–H and O–H groups in total. The molecule has 1 amide bonds. The van der Waals surface area contributed by atoms with Gasteiger partial charge in [0.1, 0.15) is 0 Å². The van der Waals surface area contributed by atoms with Crippen molar-refractivity contribution < 1.29 is 9.32 Å². The number of carbonyl (C=O) groups excluding carboxylic acids is 1. The highest BCUT2D eigenvalue weighted by Gasteiger charge is 2.22. The van der Waals surface area contributed by atoms with E-state index in [9.17, 15) is 4.79 Å². The van der Waals surface area contributed by atoms with Crippen molar-refractivity contribution in [3.05, 3.63) is 47.7 Å². The fourth-order valence-electron chi connectivity index (χ4n) is 3.53. The van der Waals surface area contributed by atoms with Crippen LogP contribution in [-0.4, -0.2) is 27.6 Å². The lowest BCUT2D eigenvalue weighted by molar-refractivity contribution is -0.120. The number of para-hydroxylation sites is 1. The molecule has 1 aromatic carbocycles. The van der Waals surface area contributed by atoms with Gasteiger partial charge < -0.3 is 14.8 Å². The normalized spacial score (nSPS) is 15.0. The highest BCUT2D eigenvalue weighted by Crippen LogP contribution is 2.32. The Bertz CT molecular complexity index is 861. The average Bonchev–Trinajstić information content (AvgIpc) is 3.35. The second-order valence-electron chi connectivity index (χ2n) is 6.67. The number of hydrogen-bond donors (Lipinski definition) is 2. The van der Waals surface area contributed by atoms with Crippen LogP contribution >= 0.6 is 0 Å². The first-order valence-electron chi connectivity index (χ1n) is 8.94. The van der Waals surface area contributed by atoms with Crippen molar-refractivity contribution in [2.45, 2.75) is 44.4 Å². The number of amides is 1. The molecule has 0 spiro atoms. The van der Waals surface area contributed by atoms with Crippen molar-refractivity contribution in [3.63, 3.8) is 0 Å². The number of benzene rings is 1. The lowest BCUT2D eigenvalue weighted by Gasteiger charge is -2.03. The van der Waals surface area contributed by atoms with E-state index in [0.717, 1.165) is 35.2 Å². The maximum Gasteiger partial charge on any atom is 0.229 e. The summed E-state index contributed by atoms with van der Waals surface area (Å²) >= 11 is 0. The van der Waals surface area contributed by atoms with E-state index in [2.05, 4.69) is 20.4 Å². The number of aromatic nitrogens is 3. The molecule has 4 rings (SSSR count). The largest absolute Gasteiger partial charge is 0.361 e. The van der Waals surface area contributed by atoms with E-state index in [-0.39, 0.29) is 5.91 Å².